The van der Waals surface area contributed by atoms with Gasteiger partial charge in [-0.2, -0.15) is 0 Å². The highest BCUT2D eigenvalue weighted by Crippen LogP contribution is 2.09. The molecule has 0 bridgehead atoms. The Morgan fingerprint density at radius 1 is 1.12 bits per heavy atom. The topological polar surface area (TPSA) is 59.0 Å². The summed E-state index contributed by atoms with van der Waals surface area (Å²) < 4.78 is 10.4. The SMILES string of the molecule is CCNC(=NCc1ccc(OCCOC)nc1)N(C)Cc1ccccc1. The van der Waals surface area contributed by atoms with Crippen LogP contribution in [0, 0.1) is 0 Å². The predicted octanol–water partition coefficient (Wildman–Crippen LogP) is 2.70. The molecule has 2 rings (SSSR count). The van der Waals surface area contributed by atoms with Crippen molar-refractivity contribution in [2.24, 2.45) is 4.99 Å². The zero-order chi connectivity index (χ0) is 18.6. The van der Waals surface area contributed by atoms with Gasteiger partial charge in [0.15, 0.2) is 5.96 Å². The van der Waals surface area contributed by atoms with Crippen molar-refractivity contribution >= 4 is 5.96 Å². The molecular formula is C20H28N4O2. The number of nitrogens with one attached hydrogen (secondary N) is 1. The predicted molar refractivity (Wildman–Crippen MR) is 104 cm³/mol. The number of methoxy groups -OCH3 is 1. The maximum absolute atomic E-state index is 5.48. The molecule has 6 heteroatoms. The van der Waals surface area contributed by atoms with E-state index in [0.29, 0.717) is 25.6 Å². The second-order valence-electron chi connectivity index (χ2n) is 5.86. The highest BCUT2D eigenvalue weighted by Gasteiger charge is 2.06. The van der Waals surface area contributed by atoms with Crippen LogP contribution in [-0.2, 0) is 17.8 Å². The summed E-state index contributed by atoms with van der Waals surface area (Å²) in [4.78, 5) is 11.1. The number of nitrogens with zero attached hydrogens (tertiary/aromatic N) is 3. The van der Waals surface area contributed by atoms with Gasteiger partial charge in [-0.3, -0.25) is 0 Å². The number of ether oxygens (including phenoxy) is 2. The standard InChI is InChI=1S/C20H28N4O2/c1-4-21-20(24(2)16-17-8-6-5-7-9-17)23-15-18-10-11-19(22-14-18)26-13-12-25-3/h5-11,14H,4,12-13,15-16H2,1-3H3,(H,21,23). The summed E-state index contributed by atoms with van der Waals surface area (Å²) in [5.74, 6) is 1.47. The van der Waals surface area contributed by atoms with E-state index in [1.54, 1.807) is 13.3 Å². The van der Waals surface area contributed by atoms with Crippen LogP contribution in [-0.4, -0.2) is 49.8 Å². The molecule has 0 saturated heterocycles. The van der Waals surface area contributed by atoms with Crippen molar-refractivity contribution in [3.63, 3.8) is 0 Å². The first-order valence-electron chi connectivity index (χ1n) is 8.83. The third-order valence-corrected chi connectivity index (χ3v) is 3.71. The summed E-state index contributed by atoms with van der Waals surface area (Å²) in [5.41, 5.74) is 2.28. The average Bonchev–Trinajstić information content (AvgIpc) is 2.67. The molecular weight excluding hydrogens is 328 g/mol. The van der Waals surface area contributed by atoms with E-state index in [0.717, 1.165) is 24.6 Å². The molecule has 140 valence electrons. The second-order valence-corrected chi connectivity index (χ2v) is 5.86. The van der Waals surface area contributed by atoms with Gasteiger partial charge in [-0.15, -0.1) is 0 Å². The highest BCUT2D eigenvalue weighted by molar-refractivity contribution is 5.79. The van der Waals surface area contributed by atoms with E-state index >= 15 is 0 Å². The van der Waals surface area contributed by atoms with Gasteiger partial charge in [0.1, 0.15) is 6.61 Å². The number of aromatic nitrogens is 1. The molecule has 0 amide bonds. The van der Waals surface area contributed by atoms with Crippen LogP contribution in [0.15, 0.2) is 53.7 Å². The molecule has 0 atom stereocenters. The lowest BCUT2D eigenvalue weighted by Crippen LogP contribution is -2.38. The lowest BCUT2D eigenvalue weighted by atomic mass is 10.2. The normalized spacial score (nSPS) is 11.3. The van der Waals surface area contributed by atoms with E-state index in [-0.39, 0.29) is 0 Å². The zero-order valence-corrected chi connectivity index (χ0v) is 15.8. The van der Waals surface area contributed by atoms with Gasteiger partial charge < -0.3 is 19.7 Å². The first kappa shape index (κ1) is 19.7. The van der Waals surface area contributed by atoms with Crippen LogP contribution in [0.1, 0.15) is 18.1 Å². The van der Waals surface area contributed by atoms with Crippen molar-refractivity contribution in [1.29, 1.82) is 0 Å². The largest absolute Gasteiger partial charge is 0.475 e. The van der Waals surface area contributed by atoms with Crippen LogP contribution in [0.2, 0.25) is 0 Å². The Morgan fingerprint density at radius 3 is 2.58 bits per heavy atom. The molecule has 0 fully saturated rings. The molecule has 1 aromatic carbocycles. The van der Waals surface area contributed by atoms with E-state index in [1.807, 2.05) is 25.2 Å². The molecule has 0 aliphatic rings. The number of guanidine groups is 1. The van der Waals surface area contributed by atoms with Gasteiger partial charge in [0, 0.05) is 39.5 Å². The summed E-state index contributed by atoms with van der Waals surface area (Å²) in [6.45, 7) is 5.30. The molecule has 26 heavy (non-hydrogen) atoms. The van der Waals surface area contributed by atoms with Gasteiger partial charge in [0.05, 0.1) is 13.2 Å². The van der Waals surface area contributed by atoms with Crippen LogP contribution in [0.3, 0.4) is 0 Å². The molecule has 1 N–H and O–H groups in total. The molecule has 1 aromatic heterocycles. The number of pyridine rings is 1. The smallest absolute Gasteiger partial charge is 0.213 e. The van der Waals surface area contributed by atoms with E-state index in [4.69, 9.17) is 14.5 Å². The molecule has 0 unspecified atom stereocenters. The van der Waals surface area contributed by atoms with Crippen molar-refractivity contribution in [2.75, 3.05) is 33.9 Å². The third kappa shape index (κ3) is 6.72. The van der Waals surface area contributed by atoms with Crippen molar-refractivity contribution in [2.45, 2.75) is 20.0 Å². The summed E-state index contributed by atoms with van der Waals surface area (Å²) >= 11 is 0. The lowest BCUT2D eigenvalue weighted by molar-refractivity contribution is 0.143. The van der Waals surface area contributed by atoms with Crippen LogP contribution >= 0.6 is 0 Å². The first-order valence-corrected chi connectivity index (χ1v) is 8.83. The maximum atomic E-state index is 5.48. The van der Waals surface area contributed by atoms with Crippen LogP contribution < -0.4 is 10.1 Å². The van der Waals surface area contributed by atoms with Crippen molar-refractivity contribution in [3.05, 3.63) is 59.8 Å². The summed E-state index contributed by atoms with van der Waals surface area (Å²) in [6, 6.07) is 14.2. The maximum Gasteiger partial charge on any atom is 0.213 e. The lowest BCUT2D eigenvalue weighted by Gasteiger charge is -2.22. The molecule has 2 aromatic rings. The highest BCUT2D eigenvalue weighted by atomic mass is 16.5. The zero-order valence-electron chi connectivity index (χ0n) is 15.8. The Balaban J connectivity index is 1.95. The van der Waals surface area contributed by atoms with E-state index < -0.39 is 0 Å². The van der Waals surface area contributed by atoms with Gasteiger partial charge in [0.2, 0.25) is 5.88 Å². The quantitative estimate of drug-likeness (QED) is 0.425. The van der Waals surface area contributed by atoms with Gasteiger partial charge in [-0.25, -0.2) is 9.98 Å². The fourth-order valence-electron chi connectivity index (χ4n) is 2.39. The van der Waals surface area contributed by atoms with Crippen LogP contribution in [0.4, 0.5) is 0 Å². The van der Waals surface area contributed by atoms with Gasteiger partial charge >= 0.3 is 0 Å². The first-order chi connectivity index (χ1) is 12.7. The Hall–Kier alpha value is -2.60. The third-order valence-electron chi connectivity index (χ3n) is 3.71. The fraction of sp³-hybridized carbons (Fsp3) is 0.400. The Morgan fingerprint density at radius 2 is 1.92 bits per heavy atom. The van der Waals surface area contributed by atoms with Crippen molar-refractivity contribution in [3.8, 4) is 5.88 Å². The van der Waals surface area contributed by atoms with Gasteiger partial charge in [0.25, 0.3) is 0 Å². The van der Waals surface area contributed by atoms with Crippen molar-refractivity contribution < 1.29 is 9.47 Å². The minimum absolute atomic E-state index is 0.496. The molecule has 1 heterocycles. The van der Waals surface area contributed by atoms with Crippen LogP contribution in [0.5, 0.6) is 5.88 Å². The Kier molecular flexibility index (Phi) is 8.42. The summed E-state index contributed by atoms with van der Waals surface area (Å²) in [6.07, 6.45) is 1.80. The Labute approximate surface area is 155 Å². The average molecular weight is 356 g/mol. The number of benzene rings is 1. The number of hydrogen-bond acceptors (Lipinski definition) is 4. The summed E-state index contributed by atoms with van der Waals surface area (Å²) in [7, 11) is 3.69. The van der Waals surface area contributed by atoms with Crippen LogP contribution in [0.25, 0.3) is 0 Å². The minimum Gasteiger partial charge on any atom is -0.475 e. The number of aliphatic imine (C=N–C) groups is 1. The van der Waals surface area contributed by atoms with Crippen molar-refractivity contribution in [1.82, 2.24) is 15.2 Å². The minimum atomic E-state index is 0.496. The molecule has 0 radical (unpaired) electrons. The summed E-state index contributed by atoms with van der Waals surface area (Å²) in [5, 5.41) is 3.34. The molecule has 0 saturated carbocycles. The van der Waals surface area contributed by atoms with E-state index in [9.17, 15) is 0 Å². The monoisotopic (exact) mass is 356 g/mol. The molecule has 0 spiro atoms. The fourth-order valence-corrected chi connectivity index (χ4v) is 2.39. The second kappa shape index (κ2) is 11.1. The van der Waals surface area contributed by atoms with E-state index in [1.165, 1.54) is 5.56 Å². The van der Waals surface area contributed by atoms with Gasteiger partial charge in [-0.1, -0.05) is 36.4 Å². The van der Waals surface area contributed by atoms with Gasteiger partial charge in [-0.05, 0) is 18.1 Å². The number of hydrogen-bond donors (Lipinski definition) is 1. The molecule has 6 nitrogen and oxygen atoms in total. The molecule has 0 aliphatic heterocycles. The Bertz CT molecular complexity index is 659. The van der Waals surface area contributed by atoms with E-state index in [2.05, 4.69) is 46.4 Å². The number of rotatable bonds is 9. The molecule has 0 aliphatic carbocycles.